The molecule has 0 aliphatic rings. The lowest BCUT2D eigenvalue weighted by molar-refractivity contribution is -0.130. The number of hydrogen-bond donors (Lipinski definition) is 2. The molecule has 0 heterocycles. The highest BCUT2D eigenvalue weighted by Gasteiger charge is 2.09. The molecule has 0 radical (unpaired) electrons. The van der Waals surface area contributed by atoms with Gasteiger partial charge in [0, 0.05) is 40.1 Å². The molecule has 0 aliphatic carbocycles. The van der Waals surface area contributed by atoms with Crippen molar-refractivity contribution in [3.8, 4) is 0 Å². The minimum Gasteiger partial charge on any atom is -0.396 e. The minimum absolute atomic E-state index is 0.0207. The van der Waals surface area contributed by atoms with Crippen LogP contribution in [-0.4, -0.2) is 49.1 Å². The maximum atomic E-state index is 11.4. The topological polar surface area (TPSA) is 69.6 Å². The summed E-state index contributed by atoms with van der Waals surface area (Å²) < 4.78 is 0. The van der Waals surface area contributed by atoms with Gasteiger partial charge >= 0.3 is 0 Å². The van der Waals surface area contributed by atoms with Crippen LogP contribution < -0.4 is 5.32 Å². The predicted octanol–water partition coefficient (Wildman–Crippen LogP) is -0.257. The fourth-order valence-corrected chi connectivity index (χ4v) is 1.10. The molecule has 0 fully saturated rings. The van der Waals surface area contributed by atoms with E-state index in [2.05, 4.69) is 5.32 Å². The third-order valence-electron chi connectivity index (χ3n) is 2.18. The summed E-state index contributed by atoms with van der Waals surface area (Å²) in [6.07, 6.45) is 2.11. The van der Waals surface area contributed by atoms with Crippen molar-refractivity contribution in [1.82, 2.24) is 10.2 Å². The quantitative estimate of drug-likeness (QED) is 0.576. The van der Waals surface area contributed by atoms with E-state index in [0.717, 1.165) is 0 Å². The van der Waals surface area contributed by atoms with Gasteiger partial charge in [-0.25, -0.2) is 0 Å². The standard InChI is InChI=1S/C10H20N2O3/c1-11-9(14)6-7-12(2)10(15)5-3-4-8-13/h13H,3-8H2,1-2H3,(H,11,14). The Kier molecular flexibility index (Phi) is 7.62. The highest BCUT2D eigenvalue weighted by molar-refractivity contribution is 5.78. The molecule has 0 atom stereocenters. The molecule has 5 nitrogen and oxygen atoms in total. The van der Waals surface area contributed by atoms with Gasteiger partial charge in [0.15, 0.2) is 0 Å². The number of rotatable bonds is 7. The fourth-order valence-electron chi connectivity index (χ4n) is 1.10. The Morgan fingerprint density at radius 3 is 2.47 bits per heavy atom. The Hall–Kier alpha value is -1.10. The Morgan fingerprint density at radius 2 is 1.93 bits per heavy atom. The number of aliphatic hydroxyl groups excluding tert-OH is 1. The molecule has 0 saturated carbocycles. The molecule has 88 valence electrons. The van der Waals surface area contributed by atoms with Crippen molar-refractivity contribution in [2.24, 2.45) is 0 Å². The Morgan fingerprint density at radius 1 is 1.27 bits per heavy atom. The van der Waals surface area contributed by atoms with Gasteiger partial charge in [0.1, 0.15) is 0 Å². The molecule has 0 spiro atoms. The molecule has 0 aromatic rings. The van der Waals surface area contributed by atoms with Gasteiger partial charge in [0.05, 0.1) is 0 Å². The minimum atomic E-state index is -0.0648. The van der Waals surface area contributed by atoms with E-state index in [0.29, 0.717) is 32.2 Å². The second-order valence-corrected chi connectivity index (χ2v) is 3.42. The summed E-state index contributed by atoms with van der Waals surface area (Å²) in [7, 11) is 3.26. The lowest BCUT2D eigenvalue weighted by atomic mass is 10.2. The van der Waals surface area contributed by atoms with Crippen molar-refractivity contribution in [3.05, 3.63) is 0 Å². The van der Waals surface area contributed by atoms with Gasteiger partial charge in [-0.1, -0.05) is 0 Å². The van der Waals surface area contributed by atoms with Crippen LogP contribution in [0.2, 0.25) is 0 Å². The zero-order chi connectivity index (χ0) is 11.7. The lowest BCUT2D eigenvalue weighted by Gasteiger charge is -2.16. The Labute approximate surface area is 90.5 Å². The van der Waals surface area contributed by atoms with Gasteiger partial charge in [-0.3, -0.25) is 9.59 Å². The summed E-state index contributed by atoms with van der Waals surface area (Å²) in [6, 6.07) is 0. The number of nitrogens with one attached hydrogen (secondary N) is 1. The Bertz CT molecular complexity index is 207. The van der Waals surface area contributed by atoms with E-state index in [9.17, 15) is 9.59 Å². The molecular formula is C10H20N2O3. The number of aliphatic hydroxyl groups is 1. The second kappa shape index (κ2) is 8.23. The average molecular weight is 216 g/mol. The van der Waals surface area contributed by atoms with Crippen LogP contribution in [0, 0.1) is 0 Å². The first-order valence-corrected chi connectivity index (χ1v) is 5.17. The molecular weight excluding hydrogens is 196 g/mol. The summed E-state index contributed by atoms with van der Waals surface area (Å²) in [5.41, 5.74) is 0. The molecule has 0 bridgehead atoms. The number of hydrogen-bond acceptors (Lipinski definition) is 3. The summed E-state index contributed by atoms with van der Waals surface area (Å²) in [6.45, 7) is 0.562. The molecule has 0 rings (SSSR count). The summed E-state index contributed by atoms with van der Waals surface area (Å²) in [5, 5.41) is 11.0. The van der Waals surface area contributed by atoms with Crippen molar-refractivity contribution in [3.63, 3.8) is 0 Å². The van der Waals surface area contributed by atoms with Gasteiger partial charge < -0.3 is 15.3 Å². The van der Waals surface area contributed by atoms with Gasteiger partial charge in [-0.05, 0) is 12.8 Å². The van der Waals surface area contributed by atoms with E-state index in [1.807, 2.05) is 0 Å². The van der Waals surface area contributed by atoms with Gasteiger partial charge in [-0.15, -0.1) is 0 Å². The maximum absolute atomic E-state index is 11.4. The van der Waals surface area contributed by atoms with Gasteiger partial charge in [0.25, 0.3) is 0 Å². The van der Waals surface area contributed by atoms with E-state index in [1.54, 1.807) is 19.0 Å². The largest absolute Gasteiger partial charge is 0.396 e. The van der Waals surface area contributed by atoms with E-state index in [1.165, 1.54) is 0 Å². The van der Waals surface area contributed by atoms with E-state index < -0.39 is 0 Å². The summed E-state index contributed by atoms with van der Waals surface area (Å²) in [4.78, 5) is 23.9. The first kappa shape index (κ1) is 13.9. The number of unbranched alkanes of at least 4 members (excludes halogenated alkanes) is 1. The SMILES string of the molecule is CNC(=O)CCN(C)C(=O)CCCCO. The molecule has 0 aromatic heterocycles. The molecule has 5 heteroatoms. The van der Waals surface area contributed by atoms with Crippen molar-refractivity contribution in [1.29, 1.82) is 0 Å². The van der Waals surface area contributed by atoms with E-state index in [-0.39, 0.29) is 18.4 Å². The first-order chi connectivity index (χ1) is 7.11. The van der Waals surface area contributed by atoms with Gasteiger partial charge in [0.2, 0.25) is 11.8 Å². The zero-order valence-corrected chi connectivity index (χ0v) is 9.45. The highest BCUT2D eigenvalue weighted by atomic mass is 16.3. The van der Waals surface area contributed by atoms with Crippen LogP contribution in [0.5, 0.6) is 0 Å². The average Bonchev–Trinajstić information content (AvgIpc) is 2.25. The number of carbonyl (C=O) groups excluding carboxylic acids is 2. The van der Waals surface area contributed by atoms with Crippen LogP contribution in [0.3, 0.4) is 0 Å². The highest BCUT2D eigenvalue weighted by Crippen LogP contribution is 1.99. The number of nitrogens with zero attached hydrogens (tertiary/aromatic N) is 1. The Balaban J connectivity index is 3.64. The van der Waals surface area contributed by atoms with Crippen LogP contribution in [0.4, 0.5) is 0 Å². The predicted molar refractivity (Wildman–Crippen MR) is 57.3 cm³/mol. The normalized spacial score (nSPS) is 9.80. The first-order valence-electron chi connectivity index (χ1n) is 5.17. The molecule has 15 heavy (non-hydrogen) atoms. The summed E-state index contributed by atoms with van der Waals surface area (Å²) in [5.74, 6) is -0.0441. The smallest absolute Gasteiger partial charge is 0.222 e. The van der Waals surface area contributed by atoms with Crippen LogP contribution in [-0.2, 0) is 9.59 Å². The monoisotopic (exact) mass is 216 g/mol. The molecule has 0 aromatic carbocycles. The van der Waals surface area contributed by atoms with Crippen molar-refractivity contribution in [2.75, 3.05) is 27.2 Å². The number of amides is 2. The zero-order valence-electron chi connectivity index (χ0n) is 9.45. The molecule has 2 amide bonds. The third-order valence-corrected chi connectivity index (χ3v) is 2.18. The van der Waals surface area contributed by atoms with Crippen molar-refractivity contribution >= 4 is 11.8 Å². The van der Waals surface area contributed by atoms with Gasteiger partial charge in [-0.2, -0.15) is 0 Å². The van der Waals surface area contributed by atoms with Crippen LogP contribution >= 0.6 is 0 Å². The van der Waals surface area contributed by atoms with Crippen molar-refractivity contribution in [2.45, 2.75) is 25.7 Å². The molecule has 0 unspecified atom stereocenters. The summed E-state index contributed by atoms with van der Waals surface area (Å²) >= 11 is 0. The third kappa shape index (κ3) is 6.90. The van der Waals surface area contributed by atoms with Crippen LogP contribution in [0.25, 0.3) is 0 Å². The van der Waals surface area contributed by atoms with E-state index in [4.69, 9.17) is 5.11 Å². The van der Waals surface area contributed by atoms with Crippen LogP contribution in [0.15, 0.2) is 0 Å². The second-order valence-electron chi connectivity index (χ2n) is 3.42. The molecule has 2 N–H and O–H groups in total. The fraction of sp³-hybridized carbons (Fsp3) is 0.800. The van der Waals surface area contributed by atoms with E-state index >= 15 is 0 Å². The lowest BCUT2D eigenvalue weighted by Crippen LogP contribution is -2.31. The molecule has 0 aliphatic heterocycles. The van der Waals surface area contributed by atoms with Crippen molar-refractivity contribution < 1.29 is 14.7 Å². The number of carbonyl (C=O) groups is 2. The molecule has 0 saturated heterocycles. The van der Waals surface area contributed by atoms with Crippen LogP contribution in [0.1, 0.15) is 25.7 Å². The maximum Gasteiger partial charge on any atom is 0.222 e.